The zero-order chi connectivity index (χ0) is 19.2. The Labute approximate surface area is 165 Å². The molecular weight excluding hydrogens is 358 g/mol. The summed E-state index contributed by atoms with van der Waals surface area (Å²) in [7, 11) is 1.63. The number of carbonyl (C=O) groups is 1. The Hall–Kier alpha value is -1.89. The highest BCUT2D eigenvalue weighted by molar-refractivity contribution is 7.10. The lowest BCUT2D eigenvalue weighted by Crippen LogP contribution is -2.52. The third kappa shape index (κ3) is 4.89. The summed E-state index contributed by atoms with van der Waals surface area (Å²) in [4.78, 5) is 19.0. The molecule has 0 radical (unpaired) electrons. The second-order valence-corrected chi connectivity index (χ2v) is 7.90. The fourth-order valence-corrected chi connectivity index (χ4v) is 4.64. The monoisotopic (exact) mass is 387 g/mol. The molecule has 6 heteroatoms. The van der Waals surface area contributed by atoms with Gasteiger partial charge in [-0.15, -0.1) is 11.3 Å². The van der Waals surface area contributed by atoms with E-state index in [0.29, 0.717) is 5.56 Å². The highest BCUT2D eigenvalue weighted by Crippen LogP contribution is 2.29. The van der Waals surface area contributed by atoms with Gasteiger partial charge in [-0.3, -0.25) is 9.69 Å². The number of thiophene rings is 1. The van der Waals surface area contributed by atoms with E-state index in [1.165, 1.54) is 4.88 Å². The molecule has 0 saturated carbocycles. The van der Waals surface area contributed by atoms with Crippen LogP contribution in [-0.2, 0) is 0 Å². The van der Waals surface area contributed by atoms with Crippen molar-refractivity contribution in [1.29, 1.82) is 0 Å². The van der Waals surface area contributed by atoms with Gasteiger partial charge < -0.3 is 15.0 Å². The largest absolute Gasteiger partial charge is 0.497 e. The summed E-state index contributed by atoms with van der Waals surface area (Å²) >= 11 is 1.76. The Kier molecular flexibility index (Phi) is 6.88. The molecular formula is C21H29N3O2S. The molecule has 1 aliphatic rings. The minimum absolute atomic E-state index is 0.0198. The van der Waals surface area contributed by atoms with Crippen LogP contribution in [0.1, 0.15) is 35.1 Å². The van der Waals surface area contributed by atoms with Gasteiger partial charge in [-0.2, -0.15) is 0 Å². The zero-order valence-corrected chi connectivity index (χ0v) is 17.2. The van der Waals surface area contributed by atoms with Crippen LogP contribution in [0.4, 0.5) is 0 Å². The summed E-state index contributed by atoms with van der Waals surface area (Å²) in [6, 6.07) is 11.7. The van der Waals surface area contributed by atoms with Gasteiger partial charge >= 0.3 is 0 Å². The molecule has 0 aliphatic carbocycles. The van der Waals surface area contributed by atoms with Crippen LogP contribution in [0.5, 0.6) is 5.75 Å². The third-order valence-corrected chi connectivity index (χ3v) is 6.21. The number of ether oxygens (including phenoxy) is 1. The number of hydrogen-bond acceptors (Lipinski definition) is 5. The van der Waals surface area contributed by atoms with Gasteiger partial charge in [-0.05, 0) is 49.2 Å². The van der Waals surface area contributed by atoms with Crippen LogP contribution >= 0.6 is 11.3 Å². The number of nitrogens with one attached hydrogen (secondary N) is 1. The van der Waals surface area contributed by atoms with E-state index >= 15 is 0 Å². The molecule has 5 nitrogen and oxygen atoms in total. The number of nitrogens with zero attached hydrogens (tertiary/aromatic N) is 2. The number of likely N-dealkylation sites (N-methyl/N-ethyl adjacent to an activating group) is 1. The Morgan fingerprint density at radius 2 is 1.89 bits per heavy atom. The molecule has 1 fully saturated rings. The lowest BCUT2D eigenvalue weighted by Gasteiger charge is -2.41. The number of carbonyl (C=O) groups excluding carboxylic acids is 1. The van der Waals surface area contributed by atoms with Gasteiger partial charge in [0, 0.05) is 42.7 Å². The maximum absolute atomic E-state index is 12.7. The summed E-state index contributed by atoms with van der Waals surface area (Å²) in [5.41, 5.74) is 0.656. The Morgan fingerprint density at radius 1 is 1.19 bits per heavy atom. The van der Waals surface area contributed by atoms with Gasteiger partial charge in [0.15, 0.2) is 0 Å². The highest BCUT2D eigenvalue weighted by atomic mass is 32.1. The van der Waals surface area contributed by atoms with Crippen molar-refractivity contribution < 1.29 is 9.53 Å². The van der Waals surface area contributed by atoms with E-state index in [-0.39, 0.29) is 18.0 Å². The van der Waals surface area contributed by atoms with Crippen LogP contribution < -0.4 is 10.1 Å². The van der Waals surface area contributed by atoms with Crippen LogP contribution in [0.3, 0.4) is 0 Å². The van der Waals surface area contributed by atoms with E-state index in [1.807, 2.05) is 12.1 Å². The lowest BCUT2D eigenvalue weighted by atomic mass is 10.0. The molecule has 3 rings (SSSR count). The second kappa shape index (κ2) is 9.35. The average molecular weight is 388 g/mol. The van der Waals surface area contributed by atoms with Gasteiger partial charge in [0.2, 0.25) is 0 Å². The number of hydrogen-bond donors (Lipinski definition) is 1. The third-order valence-electron chi connectivity index (χ3n) is 5.27. The molecule has 1 aromatic carbocycles. The number of methoxy groups -OCH3 is 1. The predicted molar refractivity (Wildman–Crippen MR) is 111 cm³/mol. The minimum Gasteiger partial charge on any atom is -0.497 e. The van der Waals surface area contributed by atoms with Gasteiger partial charge in [-0.1, -0.05) is 13.0 Å². The molecule has 2 heterocycles. The standard InChI is InChI=1S/C21H29N3O2S/c1-4-23-11-13-24(14-12-23)20(19-6-5-15-27-19)16(2)22-21(25)17-7-9-18(26-3)10-8-17/h5-10,15-16,20H,4,11-14H2,1-3H3,(H,22,25). The Bertz CT molecular complexity index is 710. The number of benzene rings is 1. The van der Waals surface area contributed by atoms with E-state index in [4.69, 9.17) is 4.74 Å². The molecule has 0 bridgehead atoms. The smallest absolute Gasteiger partial charge is 0.251 e. The molecule has 1 aliphatic heterocycles. The van der Waals surface area contributed by atoms with Gasteiger partial charge in [0.05, 0.1) is 13.2 Å². The van der Waals surface area contributed by atoms with Crippen LogP contribution in [0.25, 0.3) is 0 Å². The van der Waals surface area contributed by atoms with Crippen molar-refractivity contribution in [3.63, 3.8) is 0 Å². The molecule has 1 aromatic heterocycles. The molecule has 0 spiro atoms. The maximum atomic E-state index is 12.7. The molecule has 27 heavy (non-hydrogen) atoms. The van der Waals surface area contributed by atoms with Crippen LogP contribution in [0.15, 0.2) is 41.8 Å². The first-order valence-electron chi connectivity index (χ1n) is 9.57. The first-order chi connectivity index (χ1) is 13.1. The summed E-state index contributed by atoms with van der Waals surface area (Å²) < 4.78 is 5.17. The van der Waals surface area contributed by atoms with Gasteiger partial charge in [0.25, 0.3) is 5.91 Å². The topological polar surface area (TPSA) is 44.8 Å². The van der Waals surface area contributed by atoms with Crippen LogP contribution in [-0.4, -0.2) is 61.6 Å². The fourth-order valence-electron chi connectivity index (χ4n) is 3.67. The molecule has 2 unspecified atom stereocenters. The van der Waals surface area contributed by atoms with Gasteiger partial charge in [-0.25, -0.2) is 0 Å². The van der Waals surface area contributed by atoms with Crippen molar-refractivity contribution in [1.82, 2.24) is 15.1 Å². The first kappa shape index (κ1) is 19.9. The Balaban J connectivity index is 1.71. The molecule has 2 atom stereocenters. The lowest BCUT2D eigenvalue weighted by molar-refractivity contribution is 0.0753. The van der Waals surface area contributed by atoms with Crippen molar-refractivity contribution in [2.75, 3.05) is 39.8 Å². The van der Waals surface area contributed by atoms with E-state index in [1.54, 1.807) is 30.6 Å². The summed E-state index contributed by atoms with van der Waals surface area (Å²) in [6.07, 6.45) is 0. The van der Waals surface area contributed by atoms with Gasteiger partial charge in [0.1, 0.15) is 5.75 Å². The first-order valence-corrected chi connectivity index (χ1v) is 10.4. The Morgan fingerprint density at radius 3 is 2.44 bits per heavy atom. The van der Waals surface area contributed by atoms with Crippen LogP contribution in [0.2, 0.25) is 0 Å². The number of rotatable bonds is 7. The SMILES string of the molecule is CCN1CCN(C(c2cccs2)C(C)NC(=O)c2ccc(OC)cc2)CC1. The molecule has 1 N–H and O–H groups in total. The number of amides is 1. The summed E-state index contributed by atoms with van der Waals surface area (Å²) in [6.45, 7) is 9.64. The van der Waals surface area contributed by atoms with E-state index in [2.05, 4.69) is 46.5 Å². The van der Waals surface area contributed by atoms with Crippen molar-refractivity contribution in [2.45, 2.75) is 25.9 Å². The number of piperazine rings is 1. The molecule has 2 aromatic rings. The fraction of sp³-hybridized carbons (Fsp3) is 0.476. The van der Waals surface area contributed by atoms with Crippen molar-refractivity contribution in [3.8, 4) is 5.75 Å². The zero-order valence-electron chi connectivity index (χ0n) is 16.4. The molecule has 146 valence electrons. The van der Waals surface area contributed by atoms with Crippen molar-refractivity contribution >= 4 is 17.2 Å². The van der Waals surface area contributed by atoms with Crippen molar-refractivity contribution in [3.05, 3.63) is 52.2 Å². The van der Waals surface area contributed by atoms with E-state index in [0.717, 1.165) is 38.5 Å². The summed E-state index contributed by atoms with van der Waals surface area (Å²) in [5.74, 6) is 0.712. The van der Waals surface area contributed by atoms with E-state index < -0.39 is 0 Å². The quantitative estimate of drug-likeness (QED) is 0.792. The second-order valence-electron chi connectivity index (χ2n) is 6.92. The normalized spacial score (nSPS) is 18.0. The highest BCUT2D eigenvalue weighted by Gasteiger charge is 2.30. The van der Waals surface area contributed by atoms with Crippen molar-refractivity contribution in [2.24, 2.45) is 0 Å². The van der Waals surface area contributed by atoms with E-state index in [9.17, 15) is 4.79 Å². The average Bonchev–Trinajstić information content (AvgIpc) is 3.23. The molecule has 1 saturated heterocycles. The summed E-state index contributed by atoms with van der Waals surface area (Å²) in [5, 5.41) is 5.33. The van der Waals surface area contributed by atoms with Crippen LogP contribution in [0, 0.1) is 0 Å². The maximum Gasteiger partial charge on any atom is 0.251 e. The minimum atomic E-state index is -0.0427. The predicted octanol–water partition coefficient (Wildman–Crippen LogP) is 3.25. The molecule has 1 amide bonds.